The lowest BCUT2D eigenvalue weighted by Crippen LogP contribution is -2.58. The molecule has 2 aliphatic heterocycles. The van der Waals surface area contributed by atoms with E-state index >= 15 is 0 Å². The molecule has 3 rings (SSSR count). The Balaban J connectivity index is 1.54. The van der Waals surface area contributed by atoms with Crippen molar-refractivity contribution in [3.8, 4) is 5.75 Å². The van der Waals surface area contributed by atoms with Crippen LogP contribution in [0.25, 0.3) is 0 Å². The van der Waals surface area contributed by atoms with Crippen LogP contribution in [0.2, 0.25) is 0 Å². The zero-order valence-corrected chi connectivity index (χ0v) is 13.1. The first kappa shape index (κ1) is 14.2. The van der Waals surface area contributed by atoms with Gasteiger partial charge in [-0.1, -0.05) is 18.2 Å². The van der Waals surface area contributed by atoms with E-state index in [1.165, 1.54) is 25.1 Å². The Kier molecular flexibility index (Phi) is 4.24. The van der Waals surface area contributed by atoms with Crippen molar-refractivity contribution in [2.75, 3.05) is 32.6 Å². The van der Waals surface area contributed by atoms with Gasteiger partial charge < -0.3 is 9.47 Å². The second kappa shape index (κ2) is 5.96. The van der Waals surface area contributed by atoms with Crippen LogP contribution < -0.4 is 4.74 Å². The van der Waals surface area contributed by atoms with Crippen LogP contribution in [-0.2, 0) is 11.3 Å². The van der Waals surface area contributed by atoms with Gasteiger partial charge in [0.25, 0.3) is 0 Å². The molecule has 0 radical (unpaired) electrons. The minimum atomic E-state index is 0.460. The van der Waals surface area contributed by atoms with E-state index < -0.39 is 0 Å². The maximum Gasteiger partial charge on any atom is 0.123 e. The van der Waals surface area contributed by atoms with E-state index in [0.717, 1.165) is 24.7 Å². The summed E-state index contributed by atoms with van der Waals surface area (Å²) in [7, 11) is 1.75. The summed E-state index contributed by atoms with van der Waals surface area (Å²) in [6.45, 7) is 6.28. The molecule has 1 aromatic rings. The van der Waals surface area contributed by atoms with E-state index in [2.05, 4.69) is 35.7 Å². The summed E-state index contributed by atoms with van der Waals surface area (Å²) in [4.78, 5) is 2.51. The Hall–Kier alpha value is -0.710. The molecule has 2 aliphatic rings. The first-order chi connectivity index (χ1) is 9.74. The largest absolute Gasteiger partial charge is 0.496 e. The van der Waals surface area contributed by atoms with E-state index in [4.69, 9.17) is 9.47 Å². The molecule has 20 heavy (non-hydrogen) atoms. The molecule has 0 aromatic heterocycles. The predicted molar refractivity (Wildman–Crippen MR) is 83.5 cm³/mol. The number of nitrogens with zero attached hydrogens (tertiary/aromatic N) is 1. The molecule has 4 heteroatoms. The van der Waals surface area contributed by atoms with Crippen LogP contribution in [0.3, 0.4) is 0 Å². The molecule has 0 bridgehead atoms. The molecule has 3 nitrogen and oxygen atoms in total. The molecule has 0 amide bonds. The van der Waals surface area contributed by atoms with Crippen LogP contribution >= 0.6 is 11.8 Å². The van der Waals surface area contributed by atoms with Crippen LogP contribution in [-0.4, -0.2) is 48.3 Å². The average Bonchev–Trinajstić information content (AvgIpc) is 2.83. The van der Waals surface area contributed by atoms with Gasteiger partial charge in [-0.2, -0.15) is 0 Å². The maximum atomic E-state index is 5.76. The van der Waals surface area contributed by atoms with Crippen molar-refractivity contribution >= 4 is 11.8 Å². The minimum absolute atomic E-state index is 0.460. The fraction of sp³-hybridized carbons (Fsp3) is 0.625. The third-order valence-electron chi connectivity index (χ3n) is 4.19. The number of likely N-dealkylation sites (tertiary alicyclic amines) is 1. The highest BCUT2D eigenvalue weighted by atomic mass is 32.2. The summed E-state index contributed by atoms with van der Waals surface area (Å²) >= 11 is 2.11. The topological polar surface area (TPSA) is 21.7 Å². The van der Waals surface area contributed by atoms with Crippen LogP contribution in [0.15, 0.2) is 24.3 Å². The summed E-state index contributed by atoms with van der Waals surface area (Å²) in [5, 5.41) is 0. The average molecular weight is 293 g/mol. The number of benzene rings is 1. The maximum absolute atomic E-state index is 5.76. The SMILES string of the molecule is CCO[C@H]1CSC2(C1)CN(Cc1ccccc1OC)C2. The highest BCUT2D eigenvalue weighted by Gasteiger charge is 2.49. The van der Waals surface area contributed by atoms with E-state index in [-0.39, 0.29) is 0 Å². The molecule has 1 atom stereocenters. The Morgan fingerprint density at radius 3 is 2.90 bits per heavy atom. The zero-order chi connectivity index (χ0) is 14.0. The van der Waals surface area contributed by atoms with Crippen molar-refractivity contribution in [3.05, 3.63) is 29.8 Å². The highest BCUT2D eigenvalue weighted by molar-refractivity contribution is 8.01. The summed E-state index contributed by atoms with van der Waals surface area (Å²) in [5.41, 5.74) is 1.29. The Morgan fingerprint density at radius 2 is 2.15 bits per heavy atom. The molecule has 0 aliphatic carbocycles. The van der Waals surface area contributed by atoms with E-state index in [0.29, 0.717) is 10.9 Å². The quantitative estimate of drug-likeness (QED) is 0.832. The van der Waals surface area contributed by atoms with Crippen molar-refractivity contribution in [1.82, 2.24) is 4.90 Å². The predicted octanol–water partition coefficient (Wildman–Crippen LogP) is 2.79. The molecular formula is C16H23NO2S. The molecular weight excluding hydrogens is 270 g/mol. The van der Waals surface area contributed by atoms with E-state index in [1.807, 2.05) is 12.1 Å². The van der Waals surface area contributed by atoms with Crippen LogP contribution in [0, 0.1) is 0 Å². The first-order valence-corrected chi connectivity index (χ1v) is 8.33. The number of hydrogen-bond donors (Lipinski definition) is 0. The van der Waals surface area contributed by atoms with Gasteiger partial charge in [0.1, 0.15) is 5.75 Å². The van der Waals surface area contributed by atoms with Gasteiger partial charge in [0.15, 0.2) is 0 Å². The van der Waals surface area contributed by atoms with E-state index in [9.17, 15) is 0 Å². The zero-order valence-electron chi connectivity index (χ0n) is 12.3. The standard InChI is InChI=1S/C16H23NO2S/c1-3-19-14-8-16(20-10-14)11-17(12-16)9-13-6-4-5-7-15(13)18-2/h4-7,14H,3,8-12H2,1-2H3/t14-/m1/s1. The molecule has 110 valence electrons. The number of ether oxygens (including phenoxy) is 2. The van der Waals surface area contributed by atoms with Gasteiger partial charge in [0, 0.05) is 42.3 Å². The van der Waals surface area contributed by atoms with Gasteiger partial charge in [-0.25, -0.2) is 0 Å². The summed E-state index contributed by atoms with van der Waals surface area (Å²) in [5.74, 6) is 2.16. The Bertz CT molecular complexity index is 460. The Morgan fingerprint density at radius 1 is 1.35 bits per heavy atom. The van der Waals surface area contributed by atoms with Crippen molar-refractivity contribution in [2.24, 2.45) is 0 Å². The minimum Gasteiger partial charge on any atom is -0.496 e. The van der Waals surface area contributed by atoms with Gasteiger partial charge in [-0.3, -0.25) is 4.90 Å². The number of methoxy groups -OCH3 is 1. The van der Waals surface area contributed by atoms with Crippen molar-refractivity contribution in [2.45, 2.75) is 30.7 Å². The van der Waals surface area contributed by atoms with Crippen molar-refractivity contribution in [1.29, 1.82) is 0 Å². The van der Waals surface area contributed by atoms with Gasteiger partial charge in [-0.05, 0) is 19.4 Å². The number of hydrogen-bond acceptors (Lipinski definition) is 4. The third kappa shape index (κ3) is 2.83. The van der Waals surface area contributed by atoms with Gasteiger partial charge >= 0.3 is 0 Å². The number of thioether (sulfide) groups is 1. The fourth-order valence-corrected chi connectivity index (χ4v) is 4.93. The molecule has 2 fully saturated rings. The molecule has 0 N–H and O–H groups in total. The molecule has 1 aromatic carbocycles. The van der Waals surface area contributed by atoms with Crippen molar-refractivity contribution in [3.63, 3.8) is 0 Å². The van der Waals surface area contributed by atoms with Crippen LogP contribution in [0.1, 0.15) is 18.9 Å². The lowest BCUT2D eigenvalue weighted by molar-refractivity contribution is 0.0415. The van der Waals surface area contributed by atoms with Crippen LogP contribution in [0.5, 0.6) is 5.75 Å². The van der Waals surface area contributed by atoms with Crippen LogP contribution in [0.4, 0.5) is 0 Å². The van der Waals surface area contributed by atoms with Gasteiger partial charge in [0.05, 0.1) is 13.2 Å². The summed E-state index contributed by atoms with van der Waals surface area (Å²) < 4.78 is 11.7. The second-order valence-corrected chi connectivity index (χ2v) is 7.22. The molecule has 0 saturated carbocycles. The first-order valence-electron chi connectivity index (χ1n) is 7.34. The lowest BCUT2D eigenvalue weighted by Gasteiger charge is -2.47. The summed E-state index contributed by atoms with van der Waals surface area (Å²) in [6, 6.07) is 8.32. The summed E-state index contributed by atoms with van der Waals surface area (Å²) in [6.07, 6.45) is 1.69. The molecule has 2 saturated heterocycles. The third-order valence-corrected chi connectivity index (χ3v) is 5.76. The number of para-hydroxylation sites is 1. The highest BCUT2D eigenvalue weighted by Crippen LogP contribution is 2.46. The second-order valence-electron chi connectivity index (χ2n) is 5.73. The van der Waals surface area contributed by atoms with Gasteiger partial charge in [0.2, 0.25) is 0 Å². The molecule has 2 heterocycles. The smallest absolute Gasteiger partial charge is 0.123 e. The number of rotatable bonds is 5. The monoisotopic (exact) mass is 293 g/mol. The normalized spacial score (nSPS) is 24.8. The molecule has 1 spiro atoms. The van der Waals surface area contributed by atoms with Gasteiger partial charge in [-0.15, -0.1) is 11.8 Å². The lowest BCUT2D eigenvalue weighted by atomic mass is 9.92. The van der Waals surface area contributed by atoms with Crippen molar-refractivity contribution < 1.29 is 9.47 Å². The van der Waals surface area contributed by atoms with E-state index in [1.54, 1.807) is 7.11 Å². The molecule has 0 unspecified atom stereocenters. The fourth-order valence-electron chi connectivity index (χ4n) is 3.32. The Labute approximate surface area is 125 Å².